The molecule has 0 fully saturated rings. The van der Waals surface area contributed by atoms with Crippen LogP contribution in [0.2, 0.25) is 0 Å². The lowest BCUT2D eigenvalue weighted by Gasteiger charge is -2.15. The molecule has 4 heteroatoms. The highest BCUT2D eigenvalue weighted by atomic mass is 35.5. The second kappa shape index (κ2) is 6.14. The Morgan fingerprint density at radius 2 is 1.70 bits per heavy atom. The van der Waals surface area contributed by atoms with Crippen LogP contribution in [0.5, 0.6) is 11.5 Å². The van der Waals surface area contributed by atoms with Crippen LogP contribution in [0, 0.1) is 12.7 Å². The minimum Gasteiger partial charge on any atom is -0.493 e. The summed E-state index contributed by atoms with van der Waals surface area (Å²) in [6, 6.07) is 10.6. The lowest BCUT2D eigenvalue weighted by molar-refractivity contribution is 0.351. The first-order chi connectivity index (χ1) is 9.56. The van der Waals surface area contributed by atoms with E-state index in [4.69, 9.17) is 21.1 Å². The number of alkyl halides is 1. The number of methoxy groups -OCH3 is 2. The summed E-state index contributed by atoms with van der Waals surface area (Å²) >= 11 is 6.40. The van der Waals surface area contributed by atoms with Crippen LogP contribution in [-0.2, 0) is 0 Å². The van der Waals surface area contributed by atoms with E-state index in [1.165, 1.54) is 20.3 Å². The number of rotatable bonds is 4. The Kier molecular flexibility index (Phi) is 4.50. The number of hydrogen-bond acceptors (Lipinski definition) is 2. The minimum absolute atomic E-state index is 0.349. The zero-order valence-corrected chi connectivity index (χ0v) is 12.4. The average Bonchev–Trinajstić information content (AvgIpc) is 2.46. The van der Waals surface area contributed by atoms with Crippen molar-refractivity contribution in [3.05, 3.63) is 58.9 Å². The topological polar surface area (TPSA) is 18.5 Å². The molecule has 1 atom stereocenters. The summed E-state index contributed by atoms with van der Waals surface area (Å²) in [6.45, 7) is 1.97. The summed E-state index contributed by atoms with van der Waals surface area (Å²) in [7, 11) is 2.98. The molecular weight excluding hydrogens is 279 g/mol. The normalized spacial score (nSPS) is 12.1. The second-order valence-corrected chi connectivity index (χ2v) is 4.94. The summed E-state index contributed by atoms with van der Waals surface area (Å²) in [5.41, 5.74) is 2.29. The molecule has 0 aromatic heterocycles. The van der Waals surface area contributed by atoms with Crippen LogP contribution in [0.15, 0.2) is 36.4 Å². The summed E-state index contributed by atoms with van der Waals surface area (Å²) in [5.74, 6) is 0.396. The van der Waals surface area contributed by atoms with Crippen molar-refractivity contribution in [2.24, 2.45) is 0 Å². The van der Waals surface area contributed by atoms with E-state index in [1.54, 1.807) is 6.07 Å². The third-order valence-electron chi connectivity index (χ3n) is 3.11. The third kappa shape index (κ3) is 2.88. The standard InChI is InChI=1S/C16H16ClFO2/c1-10-5-4-6-11(7-10)16(17)12-8-14(19-2)15(20-3)9-13(12)18/h4-9,16H,1-3H3. The van der Waals surface area contributed by atoms with Crippen molar-refractivity contribution in [3.63, 3.8) is 0 Å². The molecular formula is C16H16ClFO2. The Bertz CT molecular complexity index is 613. The van der Waals surface area contributed by atoms with Gasteiger partial charge in [-0.25, -0.2) is 4.39 Å². The molecule has 0 aliphatic rings. The molecule has 0 spiro atoms. The predicted molar refractivity (Wildman–Crippen MR) is 78.4 cm³/mol. The fraction of sp³-hybridized carbons (Fsp3) is 0.250. The smallest absolute Gasteiger partial charge is 0.163 e. The van der Waals surface area contributed by atoms with Crippen LogP contribution in [0.4, 0.5) is 4.39 Å². The Hall–Kier alpha value is -1.74. The van der Waals surface area contributed by atoms with E-state index in [0.29, 0.717) is 17.1 Å². The molecule has 20 heavy (non-hydrogen) atoms. The van der Waals surface area contributed by atoms with Gasteiger partial charge in [0.2, 0.25) is 0 Å². The molecule has 2 nitrogen and oxygen atoms in total. The van der Waals surface area contributed by atoms with Crippen molar-refractivity contribution in [3.8, 4) is 11.5 Å². The van der Waals surface area contributed by atoms with Crippen molar-refractivity contribution >= 4 is 11.6 Å². The van der Waals surface area contributed by atoms with E-state index >= 15 is 0 Å². The van der Waals surface area contributed by atoms with Crippen molar-refractivity contribution in [2.75, 3.05) is 14.2 Å². The van der Waals surface area contributed by atoms with Gasteiger partial charge in [0.25, 0.3) is 0 Å². The van der Waals surface area contributed by atoms with Gasteiger partial charge < -0.3 is 9.47 Å². The minimum atomic E-state index is -0.574. The van der Waals surface area contributed by atoms with Crippen LogP contribution in [0.1, 0.15) is 22.1 Å². The Morgan fingerprint density at radius 3 is 2.30 bits per heavy atom. The van der Waals surface area contributed by atoms with Gasteiger partial charge in [-0.15, -0.1) is 11.6 Å². The largest absolute Gasteiger partial charge is 0.493 e. The lowest BCUT2D eigenvalue weighted by Crippen LogP contribution is -2.00. The van der Waals surface area contributed by atoms with Gasteiger partial charge in [0.1, 0.15) is 5.82 Å². The molecule has 0 aliphatic heterocycles. The Morgan fingerprint density at radius 1 is 1.05 bits per heavy atom. The van der Waals surface area contributed by atoms with Crippen LogP contribution in [0.3, 0.4) is 0 Å². The van der Waals surface area contributed by atoms with Gasteiger partial charge >= 0.3 is 0 Å². The number of benzene rings is 2. The van der Waals surface area contributed by atoms with Gasteiger partial charge in [-0.05, 0) is 18.6 Å². The molecule has 0 saturated heterocycles. The molecule has 0 heterocycles. The number of ether oxygens (including phenoxy) is 2. The van der Waals surface area contributed by atoms with E-state index in [1.807, 2.05) is 31.2 Å². The molecule has 2 aromatic rings. The fourth-order valence-electron chi connectivity index (χ4n) is 2.07. The van der Waals surface area contributed by atoms with E-state index in [-0.39, 0.29) is 0 Å². The summed E-state index contributed by atoms with van der Waals surface area (Å²) in [6.07, 6.45) is 0. The van der Waals surface area contributed by atoms with Crippen LogP contribution in [0.25, 0.3) is 0 Å². The third-order valence-corrected chi connectivity index (χ3v) is 3.60. The van der Waals surface area contributed by atoms with Gasteiger partial charge in [0.15, 0.2) is 11.5 Å². The average molecular weight is 295 g/mol. The molecule has 0 radical (unpaired) electrons. The van der Waals surface area contributed by atoms with Crippen LogP contribution < -0.4 is 9.47 Å². The maximum absolute atomic E-state index is 14.2. The summed E-state index contributed by atoms with van der Waals surface area (Å²) in [4.78, 5) is 0. The molecule has 0 bridgehead atoms. The fourth-order valence-corrected chi connectivity index (χ4v) is 2.37. The quantitative estimate of drug-likeness (QED) is 0.774. The number of halogens is 2. The molecule has 0 aliphatic carbocycles. The van der Waals surface area contributed by atoms with E-state index in [9.17, 15) is 4.39 Å². The lowest BCUT2D eigenvalue weighted by atomic mass is 10.0. The maximum atomic E-state index is 14.2. The highest BCUT2D eigenvalue weighted by Crippen LogP contribution is 2.37. The summed E-state index contributed by atoms with van der Waals surface area (Å²) in [5, 5.41) is -0.574. The van der Waals surface area contributed by atoms with E-state index < -0.39 is 11.2 Å². The monoisotopic (exact) mass is 294 g/mol. The van der Waals surface area contributed by atoms with Crippen molar-refractivity contribution in [1.82, 2.24) is 0 Å². The second-order valence-electron chi connectivity index (χ2n) is 4.51. The molecule has 106 valence electrons. The van der Waals surface area contributed by atoms with E-state index in [2.05, 4.69) is 0 Å². The molecule has 0 amide bonds. The summed E-state index contributed by atoms with van der Waals surface area (Å²) < 4.78 is 24.4. The van der Waals surface area contributed by atoms with Gasteiger partial charge in [-0.2, -0.15) is 0 Å². The molecule has 1 unspecified atom stereocenters. The van der Waals surface area contributed by atoms with E-state index in [0.717, 1.165) is 11.1 Å². The van der Waals surface area contributed by atoms with Crippen LogP contribution >= 0.6 is 11.6 Å². The molecule has 2 aromatic carbocycles. The first-order valence-corrected chi connectivity index (χ1v) is 6.62. The zero-order valence-electron chi connectivity index (χ0n) is 11.6. The van der Waals surface area contributed by atoms with Gasteiger partial charge in [-0.1, -0.05) is 29.8 Å². The SMILES string of the molecule is COc1cc(F)c(C(Cl)c2cccc(C)c2)cc1OC. The van der Waals surface area contributed by atoms with Crippen LogP contribution in [-0.4, -0.2) is 14.2 Å². The van der Waals surface area contributed by atoms with Crippen molar-refractivity contribution in [1.29, 1.82) is 0 Å². The number of hydrogen-bond donors (Lipinski definition) is 0. The first kappa shape index (κ1) is 14.7. The predicted octanol–water partition coefficient (Wildman–Crippen LogP) is 4.48. The zero-order chi connectivity index (χ0) is 14.7. The van der Waals surface area contributed by atoms with Crippen molar-refractivity contribution < 1.29 is 13.9 Å². The Balaban J connectivity index is 2.46. The molecule has 0 N–H and O–H groups in total. The highest BCUT2D eigenvalue weighted by molar-refractivity contribution is 6.22. The molecule has 0 saturated carbocycles. The highest BCUT2D eigenvalue weighted by Gasteiger charge is 2.19. The van der Waals surface area contributed by atoms with Gasteiger partial charge in [0.05, 0.1) is 19.6 Å². The number of aryl methyl sites for hydroxylation is 1. The molecule has 2 rings (SSSR count). The van der Waals surface area contributed by atoms with Crippen molar-refractivity contribution in [2.45, 2.75) is 12.3 Å². The first-order valence-electron chi connectivity index (χ1n) is 6.19. The Labute approximate surface area is 123 Å². The van der Waals surface area contributed by atoms with Gasteiger partial charge in [-0.3, -0.25) is 0 Å². The maximum Gasteiger partial charge on any atom is 0.163 e. The van der Waals surface area contributed by atoms with Gasteiger partial charge in [0, 0.05) is 11.6 Å².